The smallest absolute Gasteiger partial charge is 0.162 e. The minimum Gasteiger partial charge on any atom is -0.492 e. The Hall–Kier alpha value is -0.910. The lowest BCUT2D eigenvalue weighted by molar-refractivity contribution is -0.264. The molecule has 1 aliphatic heterocycles. The van der Waals surface area contributed by atoms with Crippen LogP contribution in [-0.4, -0.2) is 31.9 Å². The molecule has 1 heterocycles. The van der Waals surface area contributed by atoms with Gasteiger partial charge in [0.25, 0.3) is 0 Å². The van der Waals surface area contributed by atoms with Crippen molar-refractivity contribution in [3.8, 4) is 5.75 Å². The molecule has 1 saturated heterocycles. The number of carbonyl (C=O) groups is 1. The lowest BCUT2D eigenvalue weighted by atomic mass is 10.1. The van der Waals surface area contributed by atoms with Gasteiger partial charge in [-0.1, -0.05) is 12.1 Å². The summed E-state index contributed by atoms with van der Waals surface area (Å²) < 4.78 is 17.5. The fourth-order valence-corrected chi connectivity index (χ4v) is 2.23. The molecule has 19 heavy (non-hydrogen) atoms. The molecule has 0 N–H and O–H groups in total. The van der Waals surface area contributed by atoms with Crippen LogP contribution in [0.3, 0.4) is 0 Å². The van der Waals surface area contributed by atoms with Crippen LogP contribution < -0.4 is 4.74 Å². The zero-order valence-corrected chi connectivity index (χ0v) is 12.6. The Morgan fingerprint density at radius 1 is 1.42 bits per heavy atom. The molecule has 5 heteroatoms. The van der Waals surface area contributed by atoms with Gasteiger partial charge in [-0.25, -0.2) is 0 Å². The molecule has 2 rings (SSSR count). The fraction of sp³-hybridized carbons (Fsp3) is 0.500. The summed E-state index contributed by atoms with van der Waals surface area (Å²) in [7, 11) is 0. The average molecular weight is 329 g/mol. The van der Waals surface area contributed by atoms with E-state index in [0.717, 1.165) is 6.29 Å². The van der Waals surface area contributed by atoms with Crippen molar-refractivity contribution in [2.24, 2.45) is 5.92 Å². The lowest BCUT2D eigenvalue weighted by Crippen LogP contribution is -2.41. The quantitative estimate of drug-likeness (QED) is 0.797. The number of halogens is 1. The number of hydrogen-bond donors (Lipinski definition) is 0. The first-order chi connectivity index (χ1) is 9.02. The molecule has 104 valence electrons. The molecule has 0 aromatic heterocycles. The molecule has 0 radical (unpaired) electrons. The zero-order valence-electron chi connectivity index (χ0n) is 11.0. The predicted molar refractivity (Wildman–Crippen MR) is 74.5 cm³/mol. The van der Waals surface area contributed by atoms with E-state index in [4.69, 9.17) is 14.2 Å². The summed E-state index contributed by atoms with van der Waals surface area (Å²) in [6.45, 7) is 5.51. The lowest BCUT2D eigenvalue weighted by Gasteiger charge is -2.34. The largest absolute Gasteiger partial charge is 0.492 e. The Bertz CT molecular complexity index is 449. The maximum atomic E-state index is 10.8. The van der Waals surface area contributed by atoms with Gasteiger partial charge >= 0.3 is 0 Å². The molecule has 0 unspecified atom stereocenters. The van der Waals surface area contributed by atoms with Crippen molar-refractivity contribution in [2.75, 3.05) is 19.8 Å². The van der Waals surface area contributed by atoms with Crippen LogP contribution >= 0.6 is 15.9 Å². The van der Waals surface area contributed by atoms with E-state index < -0.39 is 5.79 Å². The van der Waals surface area contributed by atoms with Crippen molar-refractivity contribution in [1.29, 1.82) is 0 Å². The summed E-state index contributed by atoms with van der Waals surface area (Å²) in [5.41, 5.74) is 0.578. The van der Waals surface area contributed by atoms with Gasteiger partial charge in [0.1, 0.15) is 5.75 Å². The van der Waals surface area contributed by atoms with Gasteiger partial charge in [0.2, 0.25) is 0 Å². The van der Waals surface area contributed by atoms with E-state index in [9.17, 15) is 4.79 Å². The zero-order chi connectivity index (χ0) is 13.9. The van der Waals surface area contributed by atoms with E-state index in [1.165, 1.54) is 0 Å². The Morgan fingerprint density at radius 2 is 2.11 bits per heavy atom. The summed E-state index contributed by atoms with van der Waals surface area (Å²) in [5, 5.41) is 0. The number of ether oxygens (including phenoxy) is 3. The molecule has 1 aromatic rings. The average Bonchev–Trinajstić information content (AvgIpc) is 2.39. The topological polar surface area (TPSA) is 44.8 Å². The fourth-order valence-electron chi connectivity index (χ4n) is 1.76. The highest BCUT2D eigenvalue weighted by molar-refractivity contribution is 9.10. The maximum Gasteiger partial charge on any atom is 0.162 e. The van der Waals surface area contributed by atoms with Gasteiger partial charge < -0.3 is 14.2 Å². The highest BCUT2D eigenvalue weighted by Crippen LogP contribution is 2.28. The number of rotatable bonds is 4. The van der Waals surface area contributed by atoms with E-state index >= 15 is 0 Å². The third-order valence-corrected chi connectivity index (χ3v) is 3.78. The van der Waals surface area contributed by atoms with E-state index in [-0.39, 0.29) is 5.92 Å². The molecule has 0 aliphatic carbocycles. The number of carbonyl (C=O) groups excluding carboxylic acids is 1. The summed E-state index contributed by atoms with van der Waals surface area (Å²) >= 11 is 3.37. The van der Waals surface area contributed by atoms with E-state index in [1.54, 1.807) is 12.1 Å². The van der Waals surface area contributed by atoms with Crippen LogP contribution in [0.25, 0.3) is 0 Å². The Morgan fingerprint density at radius 3 is 2.74 bits per heavy atom. The van der Waals surface area contributed by atoms with Crippen molar-refractivity contribution in [3.05, 3.63) is 28.2 Å². The molecule has 4 nitrogen and oxygen atoms in total. The second kappa shape index (κ2) is 6.03. The molecule has 0 atom stereocenters. The van der Waals surface area contributed by atoms with Gasteiger partial charge in [-0.3, -0.25) is 4.79 Å². The molecule has 0 amide bonds. The molecular formula is C14H17BrO4. The molecule has 1 fully saturated rings. The van der Waals surface area contributed by atoms with E-state index in [0.29, 0.717) is 35.6 Å². The first-order valence-corrected chi connectivity index (χ1v) is 6.95. The van der Waals surface area contributed by atoms with Gasteiger partial charge in [-0.2, -0.15) is 0 Å². The van der Waals surface area contributed by atoms with Crippen LogP contribution in [0.2, 0.25) is 0 Å². The van der Waals surface area contributed by atoms with Gasteiger partial charge in [0.15, 0.2) is 12.1 Å². The van der Waals surface area contributed by atoms with Crippen molar-refractivity contribution < 1.29 is 19.0 Å². The van der Waals surface area contributed by atoms with Crippen molar-refractivity contribution in [1.82, 2.24) is 0 Å². The van der Waals surface area contributed by atoms with Crippen molar-refractivity contribution >= 4 is 22.2 Å². The van der Waals surface area contributed by atoms with Crippen molar-refractivity contribution in [3.63, 3.8) is 0 Å². The minimum atomic E-state index is -0.505. The molecular weight excluding hydrogens is 312 g/mol. The highest BCUT2D eigenvalue weighted by atomic mass is 79.9. The van der Waals surface area contributed by atoms with Gasteiger partial charge in [-0.15, -0.1) is 0 Å². The molecule has 1 aliphatic rings. The van der Waals surface area contributed by atoms with E-state index in [2.05, 4.69) is 15.9 Å². The SMILES string of the molecule is CC1(C)OCC(COc2cccc(C=O)c2Br)CO1. The molecule has 0 spiro atoms. The summed E-state index contributed by atoms with van der Waals surface area (Å²) in [6, 6.07) is 5.35. The molecule has 0 saturated carbocycles. The first kappa shape index (κ1) is 14.5. The van der Waals surface area contributed by atoms with Gasteiger partial charge in [-0.05, 0) is 35.8 Å². The Kier molecular flexibility index (Phi) is 4.60. The van der Waals surface area contributed by atoms with Crippen LogP contribution in [0.15, 0.2) is 22.7 Å². The van der Waals surface area contributed by atoms with Gasteiger partial charge in [0.05, 0.1) is 24.3 Å². The minimum absolute atomic E-state index is 0.194. The molecule has 1 aromatic carbocycles. The number of benzene rings is 1. The van der Waals surface area contributed by atoms with Crippen LogP contribution in [-0.2, 0) is 9.47 Å². The van der Waals surface area contributed by atoms with E-state index in [1.807, 2.05) is 19.9 Å². The van der Waals surface area contributed by atoms with Crippen LogP contribution in [0.1, 0.15) is 24.2 Å². The first-order valence-electron chi connectivity index (χ1n) is 6.16. The highest BCUT2D eigenvalue weighted by Gasteiger charge is 2.28. The number of aldehydes is 1. The molecule has 0 bridgehead atoms. The summed E-state index contributed by atoms with van der Waals surface area (Å²) in [4.78, 5) is 10.8. The standard InChI is InChI=1S/C14H17BrO4/c1-14(2)18-8-10(9-19-14)7-17-12-5-3-4-11(6-16)13(12)15/h3-6,10H,7-9H2,1-2H3. The Labute approximate surface area is 121 Å². The second-order valence-electron chi connectivity index (χ2n) is 4.98. The van der Waals surface area contributed by atoms with Crippen molar-refractivity contribution in [2.45, 2.75) is 19.6 Å². The summed E-state index contributed by atoms with van der Waals surface area (Å²) in [6.07, 6.45) is 0.798. The van der Waals surface area contributed by atoms with Crippen LogP contribution in [0.4, 0.5) is 0 Å². The van der Waals surface area contributed by atoms with Crippen LogP contribution in [0.5, 0.6) is 5.75 Å². The Balaban J connectivity index is 1.91. The monoisotopic (exact) mass is 328 g/mol. The third-order valence-electron chi connectivity index (χ3n) is 2.93. The van der Waals surface area contributed by atoms with Gasteiger partial charge in [0, 0.05) is 11.5 Å². The second-order valence-corrected chi connectivity index (χ2v) is 5.77. The normalized spacial score (nSPS) is 19.1. The maximum absolute atomic E-state index is 10.8. The summed E-state index contributed by atoms with van der Waals surface area (Å²) in [5.74, 6) is 0.350. The predicted octanol–water partition coefficient (Wildman–Crippen LogP) is 3.04. The van der Waals surface area contributed by atoms with Crippen LogP contribution in [0, 0.1) is 5.92 Å². The number of hydrogen-bond acceptors (Lipinski definition) is 4. The third kappa shape index (κ3) is 3.78.